The van der Waals surface area contributed by atoms with E-state index in [2.05, 4.69) is 9.55 Å². The topological polar surface area (TPSA) is 38.0 Å². The fraction of sp³-hybridized carbons (Fsp3) is 0.250. The molecule has 0 bridgehead atoms. The maximum atomic E-state index is 8.91. The van der Waals surface area contributed by atoms with Gasteiger partial charge in [0.15, 0.2) is 0 Å². The van der Waals surface area contributed by atoms with Crippen LogP contribution in [0.2, 0.25) is 0 Å². The lowest BCUT2D eigenvalue weighted by atomic mass is 10.2. The van der Waals surface area contributed by atoms with Crippen molar-refractivity contribution in [3.63, 3.8) is 0 Å². The molecule has 0 atom stereocenters. The number of rotatable bonds is 5. The van der Waals surface area contributed by atoms with Gasteiger partial charge in [-0.2, -0.15) is 0 Å². The molecule has 1 aromatic carbocycles. The quantitative estimate of drug-likeness (QED) is 0.806. The Labute approximate surface area is 99.1 Å². The summed E-state index contributed by atoms with van der Waals surface area (Å²) >= 11 is 1.81. The molecule has 0 radical (unpaired) electrons. The lowest BCUT2D eigenvalue weighted by Gasteiger charge is -2.03. The summed E-state index contributed by atoms with van der Waals surface area (Å²) in [6.07, 6.45) is 5.59. The average Bonchev–Trinajstić information content (AvgIpc) is 2.83. The van der Waals surface area contributed by atoms with E-state index < -0.39 is 0 Å². The van der Waals surface area contributed by atoms with Gasteiger partial charge in [-0.05, 0) is 17.7 Å². The molecular formula is C12H14N2OS. The maximum Gasteiger partial charge on any atom is 0.0946 e. The third-order valence-electron chi connectivity index (χ3n) is 2.28. The van der Waals surface area contributed by atoms with Gasteiger partial charge in [-0.25, -0.2) is 4.98 Å². The molecule has 1 heterocycles. The van der Waals surface area contributed by atoms with Crippen LogP contribution >= 0.6 is 11.8 Å². The third kappa shape index (κ3) is 3.12. The first-order valence-corrected chi connectivity index (χ1v) is 6.15. The summed E-state index contributed by atoms with van der Waals surface area (Å²) in [7, 11) is 0. The number of nitrogens with zero attached hydrogens (tertiary/aromatic N) is 2. The van der Waals surface area contributed by atoms with Crippen LogP contribution in [0, 0.1) is 0 Å². The van der Waals surface area contributed by atoms with Gasteiger partial charge in [0, 0.05) is 29.6 Å². The molecule has 0 unspecified atom stereocenters. The summed E-state index contributed by atoms with van der Waals surface area (Å²) in [5.74, 6) is 1.02. The molecule has 16 heavy (non-hydrogen) atoms. The highest BCUT2D eigenvalue weighted by molar-refractivity contribution is 7.99. The molecule has 0 amide bonds. The summed E-state index contributed by atoms with van der Waals surface area (Å²) in [5, 5.41) is 8.91. The Hall–Kier alpha value is -1.26. The van der Waals surface area contributed by atoms with Gasteiger partial charge in [0.2, 0.25) is 0 Å². The molecule has 0 aliphatic carbocycles. The summed E-state index contributed by atoms with van der Waals surface area (Å²) < 4.78 is 2.06. The summed E-state index contributed by atoms with van der Waals surface area (Å²) in [5.41, 5.74) is 0.957. The molecule has 0 aliphatic heterocycles. The van der Waals surface area contributed by atoms with E-state index in [4.69, 9.17) is 5.11 Å². The van der Waals surface area contributed by atoms with Crippen LogP contribution in [0.3, 0.4) is 0 Å². The number of aryl methyl sites for hydroxylation is 1. The molecule has 1 N–H and O–H groups in total. The third-order valence-corrected chi connectivity index (χ3v) is 3.28. The largest absolute Gasteiger partial charge is 0.392 e. The Bertz CT molecular complexity index is 411. The minimum Gasteiger partial charge on any atom is -0.392 e. The van der Waals surface area contributed by atoms with Crippen LogP contribution in [0.25, 0.3) is 0 Å². The highest BCUT2D eigenvalue weighted by Gasteiger charge is 1.95. The van der Waals surface area contributed by atoms with Crippen molar-refractivity contribution in [3.8, 4) is 0 Å². The lowest BCUT2D eigenvalue weighted by molar-refractivity contribution is 0.282. The predicted molar refractivity (Wildman–Crippen MR) is 65.3 cm³/mol. The Morgan fingerprint density at radius 1 is 1.25 bits per heavy atom. The molecule has 3 nitrogen and oxygen atoms in total. The summed E-state index contributed by atoms with van der Waals surface area (Å²) in [6.45, 7) is 1.08. The zero-order valence-corrected chi connectivity index (χ0v) is 9.73. The summed E-state index contributed by atoms with van der Waals surface area (Å²) in [6, 6.07) is 8.01. The van der Waals surface area contributed by atoms with Crippen LogP contribution in [0.4, 0.5) is 0 Å². The standard InChI is InChI=1S/C12H14N2OS/c15-9-11-1-3-12(4-2-11)16-8-7-14-6-5-13-10-14/h1-6,10,15H,7-9H2. The van der Waals surface area contributed by atoms with Crippen LogP contribution in [-0.2, 0) is 13.2 Å². The Morgan fingerprint density at radius 3 is 2.69 bits per heavy atom. The van der Waals surface area contributed by atoms with Crippen molar-refractivity contribution in [2.45, 2.75) is 18.0 Å². The van der Waals surface area contributed by atoms with Crippen LogP contribution in [0.5, 0.6) is 0 Å². The highest BCUT2D eigenvalue weighted by atomic mass is 32.2. The Morgan fingerprint density at radius 2 is 2.06 bits per heavy atom. The fourth-order valence-electron chi connectivity index (χ4n) is 1.38. The molecular weight excluding hydrogens is 220 g/mol. The Kier molecular flexibility index (Phi) is 4.02. The van der Waals surface area contributed by atoms with Crippen molar-refractivity contribution >= 4 is 11.8 Å². The van der Waals surface area contributed by atoms with Gasteiger partial charge in [0.25, 0.3) is 0 Å². The van der Waals surface area contributed by atoms with Gasteiger partial charge in [0.05, 0.1) is 12.9 Å². The molecule has 2 rings (SSSR count). The first-order chi connectivity index (χ1) is 7.88. The van der Waals surface area contributed by atoms with Crippen molar-refractivity contribution in [1.82, 2.24) is 9.55 Å². The molecule has 0 aliphatic rings. The van der Waals surface area contributed by atoms with Crippen molar-refractivity contribution in [3.05, 3.63) is 48.5 Å². The van der Waals surface area contributed by atoms with E-state index in [-0.39, 0.29) is 6.61 Å². The number of hydrogen-bond acceptors (Lipinski definition) is 3. The number of aliphatic hydroxyl groups excluding tert-OH is 1. The predicted octanol–water partition coefficient (Wildman–Crippen LogP) is 2.17. The first kappa shape index (κ1) is 11.2. The number of aliphatic hydroxyl groups is 1. The van der Waals surface area contributed by atoms with Gasteiger partial charge in [-0.15, -0.1) is 11.8 Å². The minimum absolute atomic E-state index is 0.111. The fourth-order valence-corrected chi connectivity index (χ4v) is 2.25. The maximum absolute atomic E-state index is 8.91. The van der Waals surface area contributed by atoms with Gasteiger partial charge in [-0.3, -0.25) is 0 Å². The molecule has 0 saturated heterocycles. The Balaban J connectivity index is 1.81. The van der Waals surface area contributed by atoms with Gasteiger partial charge < -0.3 is 9.67 Å². The number of hydrogen-bond donors (Lipinski definition) is 1. The number of aromatic nitrogens is 2. The number of thioether (sulfide) groups is 1. The van der Waals surface area contributed by atoms with Crippen molar-refractivity contribution in [2.75, 3.05) is 5.75 Å². The van der Waals surface area contributed by atoms with Crippen molar-refractivity contribution < 1.29 is 5.11 Å². The second-order valence-electron chi connectivity index (χ2n) is 3.45. The number of imidazole rings is 1. The second-order valence-corrected chi connectivity index (χ2v) is 4.62. The molecule has 0 fully saturated rings. The average molecular weight is 234 g/mol. The molecule has 0 spiro atoms. The second kappa shape index (κ2) is 5.72. The zero-order chi connectivity index (χ0) is 11.2. The van der Waals surface area contributed by atoms with Crippen LogP contribution in [0.15, 0.2) is 47.9 Å². The molecule has 2 aromatic rings. The molecule has 4 heteroatoms. The zero-order valence-electron chi connectivity index (χ0n) is 8.91. The van der Waals surface area contributed by atoms with Gasteiger partial charge in [0.1, 0.15) is 0 Å². The highest BCUT2D eigenvalue weighted by Crippen LogP contribution is 2.18. The van der Waals surface area contributed by atoms with Crippen molar-refractivity contribution in [2.24, 2.45) is 0 Å². The SMILES string of the molecule is OCc1ccc(SCCn2ccnc2)cc1. The van der Waals surface area contributed by atoms with E-state index in [0.717, 1.165) is 17.9 Å². The number of benzene rings is 1. The lowest BCUT2D eigenvalue weighted by Crippen LogP contribution is -1.96. The first-order valence-electron chi connectivity index (χ1n) is 5.17. The summed E-state index contributed by atoms with van der Waals surface area (Å²) in [4.78, 5) is 5.23. The van der Waals surface area contributed by atoms with Gasteiger partial charge >= 0.3 is 0 Å². The van der Waals surface area contributed by atoms with E-state index in [1.54, 1.807) is 6.20 Å². The van der Waals surface area contributed by atoms with Crippen LogP contribution in [0.1, 0.15) is 5.56 Å². The molecule has 1 aromatic heterocycles. The smallest absolute Gasteiger partial charge is 0.0946 e. The van der Waals surface area contributed by atoms with Gasteiger partial charge in [-0.1, -0.05) is 12.1 Å². The molecule has 84 valence electrons. The molecule has 0 saturated carbocycles. The monoisotopic (exact) mass is 234 g/mol. The van der Waals surface area contributed by atoms with E-state index in [1.807, 2.05) is 48.6 Å². The van der Waals surface area contributed by atoms with E-state index in [1.165, 1.54) is 4.90 Å². The van der Waals surface area contributed by atoms with Crippen molar-refractivity contribution in [1.29, 1.82) is 0 Å². The van der Waals surface area contributed by atoms with E-state index in [0.29, 0.717) is 0 Å². The van der Waals surface area contributed by atoms with E-state index >= 15 is 0 Å². The van der Waals surface area contributed by atoms with Crippen LogP contribution in [-0.4, -0.2) is 20.4 Å². The van der Waals surface area contributed by atoms with E-state index in [9.17, 15) is 0 Å². The van der Waals surface area contributed by atoms with Crippen LogP contribution < -0.4 is 0 Å². The minimum atomic E-state index is 0.111. The normalized spacial score (nSPS) is 10.6.